The minimum atomic E-state index is -0.692. The van der Waals surface area contributed by atoms with E-state index in [4.69, 9.17) is 33.8 Å². The van der Waals surface area contributed by atoms with Crippen LogP contribution in [-0.2, 0) is 9.63 Å². The number of hydrogen-bond acceptors (Lipinski definition) is 6. The molecule has 0 saturated carbocycles. The SMILES string of the molecule is Nc1nc(C(C=O)=NOCC(Cl)Cl)cs1. The first-order valence-electron chi connectivity index (χ1n) is 3.78. The van der Waals surface area contributed by atoms with E-state index in [9.17, 15) is 4.79 Å². The van der Waals surface area contributed by atoms with Gasteiger partial charge in [0.2, 0.25) is 0 Å². The van der Waals surface area contributed by atoms with Crippen LogP contribution in [0.5, 0.6) is 0 Å². The zero-order valence-corrected chi connectivity index (χ0v) is 9.72. The number of aromatic nitrogens is 1. The third kappa shape index (κ3) is 4.03. The molecule has 0 aromatic carbocycles. The molecule has 0 amide bonds. The van der Waals surface area contributed by atoms with Crippen LogP contribution in [0.15, 0.2) is 10.5 Å². The first-order valence-corrected chi connectivity index (χ1v) is 5.53. The van der Waals surface area contributed by atoms with Crippen molar-refractivity contribution in [2.45, 2.75) is 4.84 Å². The fourth-order valence-electron chi connectivity index (χ4n) is 0.697. The molecule has 1 rings (SSSR count). The molecule has 15 heavy (non-hydrogen) atoms. The van der Waals surface area contributed by atoms with Gasteiger partial charge in [0.15, 0.2) is 17.1 Å². The van der Waals surface area contributed by atoms with Gasteiger partial charge in [-0.15, -0.1) is 34.5 Å². The topological polar surface area (TPSA) is 77.6 Å². The Kier molecular flexibility index (Phi) is 4.80. The van der Waals surface area contributed by atoms with Gasteiger partial charge in [0.25, 0.3) is 0 Å². The summed E-state index contributed by atoms with van der Waals surface area (Å²) in [5.41, 5.74) is 5.82. The minimum absolute atomic E-state index is 0.0000698. The molecule has 0 radical (unpaired) electrons. The number of nitrogens with zero attached hydrogens (tertiary/aromatic N) is 2. The van der Waals surface area contributed by atoms with Crippen molar-refractivity contribution in [3.8, 4) is 0 Å². The summed E-state index contributed by atoms with van der Waals surface area (Å²) >= 11 is 12.0. The molecule has 0 aliphatic rings. The number of hydrogen-bond donors (Lipinski definition) is 1. The van der Waals surface area contributed by atoms with E-state index >= 15 is 0 Å². The Morgan fingerprint density at radius 2 is 2.53 bits per heavy atom. The quantitative estimate of drug-likeness (QED) is 0.379. The predicted octanol–water partition coefficient (Wildman–Crippen LogP) is 1.45. The van der Waals surface area contributed by atoms with Crippen LogP contribution in [0, 0.1) is 0 Å². The number of halogens is 2. The molecule has 5 nitrogen and oxygen atoms in total. The average Bonchev–Trinajstić information content (AvgIpc) is 2.59. The van der Waals surface area contributed by atoms with E-state index in [-0.39, 0.29) is 12.3 Å². The number of rotatable bonds is 5. The van der Waals surface area contributed by atoms with Crippen LogP contribution < -0.4 is 5.73 Å². The number of thiazole rings is 1. The lowest BCUT2D eigenvalue weighted by Gasteiger charge is -1.99. The Labute approximate surface area is 99.8 Å². The zero-order valence-electron chi connectivity index (χ0n) is 7.39. The molecule has 2 N–H and O–H groups in total. The molecule has 82 valence electrons. The molecule has 0 spiro atoms. The maximum atomic E-state index is 10.6. The monoisotopic (exact) mass is 267 g/mol. The van der Waals surface area contributed by atoms with E-state index in [1.807, 2.05) is 0 Å². The highest BCUT2D eigenvalue weighted by Crippen LogP contribution is 2.11. The first kappa shape index (κ1) is 12.2. The van der Waals surface area contributed by atoms with Gasteiger partial charge in [-0.1, -0.05) is 5.16 Å². The lowest BCUT2D eigenvalue weighted by molar-refractivity contribution is -0.102. The first-order chi connectivity index (χ1) is 7.13. The van der Waals surface area contributed by atoms with Crippen LogP contribution in [0.4, 0.5) is 5.13 Å². The molecule has 0 fully saturated rings. The fraction of sp³-hybridized carbons (Fsp3) is 0.286. The number of nitrogen functional groups attached to an aromatic ring is 1. The molecule has 8 heteroatoms. The van der Waals surface area contributed by atoms with Crippen LogP contribution in [0.25, 0.3) is 0 Å². The number of aldehydes is 1. The highest BCUT2D eigenvalue weighted by Gasteiger charge is 2.08. The van der Waals surface area contributed by atoms with Gasteiger partial charge in [0, 0.05) is 5.38 Å². The Balaban J connectivity index is 2.67. The number of alkyl halides is 2. The molecule has 0 unspecified atom stereocenters. The Hall–Kier alpha value is -0.850. The average molecular weight is 268 g/mol. The van der Waals surface area contributed by atoms with E-state index in [1.54, 1.807) is 5.38 Å². The van der Waals surface area contributed by atoms with Gasteiger partial charge in [0.05, 0.1) is 0 Å². The maximum Gasteiger partial charge on any atom is 0.180 e. The van der Waals surface area contributed by atoms with Gasteiger partial charge in [-0.05, 0) is 0 Å². The van der Waals surface area contributed by atoms with Crippen molar-refractivity contribution in [3.63, 3.8) is 0 Å². The second-order valence-electron chi connectivity index (χ2n) is 2.35. The largest absolute Gasteiger partial charge is 0.392 e. The lowest BCUT2D eigenvalue weighted by Crippen LogP contribution is -2.06. The summed E-state index contributed by atoms with van der Waals surface area (Å²) in [5.74, 6) is 0. The Bertz CT molecular complexity index is 367. The van der Waals surface area contributed by atoms with Gasteiger partial charge < -0.3 is 10.6 Å². The van der Waals surface area contributed by atoms with Crippen molar-refractivity contribution in [2.75, 3.05) is 12.3 Å². The van der Waals surface area contributed by atoms with Crippen molar-refractivity contribution >= 4 is 51.7 Å². The smallest absolute Gasteiger partial charge is 0.180 e. The molecule has 0 bridgehead atoms. The van der Waals surface area contributed by atoms with Crippen LogP contribution in [0.2, 0.25) is 0 Å². The number of carbonyl (C=O) groups excluding carboxylic acids is 1. The Morgan fingerprint density at radius 1 is 1.80 bits per heavy atom. The Morgan fingerprint density at radius 3 is 3.00 bits per heavy atom. The number of anilines is 1. The molecule has 0 saturated heterocycles. The molecule has 1 heterocycles. The van der Waals surface area contributed by atoms with Crippen molar-refractivity contribution in [1.29, 1.82) is 0 Å². The van der Waals surface area contributed by atoms with Gasteiger partial charge >= 0.3 is 0 Å². The third-order valence-corrected chi connectivity index (χ3v) is 2.19. The predicted molar refractivity (Wildman–Crippen MR) is 60.6 cm³/mol. The molecule has 1 aromatic rings. The number of nitrogens with two attached hydrogens (primary N) is 1. The minimum Gasteiger partial charge on any atom is -0.392 e. The number of carbonyl (C=O) groups is 1. The second kappa shape index (κ2) is 5.89. The van der Waals surface area contributed by atoms with Crippen LogP contribution >= 0.6 is 34.5 Å². The summed E-state index contributed by atoms with van der Waals surface area (Å²) in [6.07, 6.45) is 0.520. The van der Waals surface area contributed by atoms with E-state index in [0.29, 0.717) is 17.1 Å². The van der Waals surface area contributed by atoms with Crippen LogP contribution in [0.3, 0.4) is 0 Å². The van der Waals surface area contributed by atoms with Crippen LogP contribution in [0.1, 0.15) is 5.69 Å². The van der Waals surface area contributed by atoms with Crippen molar-refractivity contribution < 1.29 is 9.63 Å². The van der Waals surface area contributed by atoms with E-state index in [1.165, 1.54) is 11.3 Å². The summed E-state index contributed by atoms with van der Waals surface area (Å²) in [6.45, 7) is 0.0000698. The van der Waals surface area contributed by atoms with Gasteiger partial charge in [-0.2, -0.15) is 0 Å². The van der Waals surface area contributed by atoms with E-state index < -0.39 is 4.84 Å². The molecular formula is C7H7Cl2N3O2S. The third-order valence-electron chi connectivity index (χ3n) is 1.26. The summed E-state index contributed by atoms with van der Waals surface area (Å²) in [7, 11) is 0. The highest BCUT2D eigenvalue weighted by atomic mass is 35.5. The summed E-state index contributed by atoms with van der Waals surface area (Å²) in [6, 6.07) is 0. The maximum absolute atomic E-state index is 10.6. The number of oxime groups is 1. The molecular weight excluding hydrogens is 261 g/mol. The van der Waals surface area contributed by atoms with E-state index in [0.717, 1.165) is 0 Å². The highest BCUT2D eigenvalue weighted by molar-refractivity contribution is 7.13. The fourth-order valence-corrected chi connectivity index (χ4v) is 1.37. The summed E-state index contributed by atoms with van der Waals surface area (Å²) < 4.78 is 0. The standard InChI is InChI=1S/C7H7Cl2N3O2S/c8-6(9)2-14-12-4(1-13)5-3-15-7(10)11-5/h1,3,6H,2H2,(H2,10,11). The normalized spacial score (nSPS) is 11.8. The molecule has 0 aliphatic carbocycles. The van der Waals surface area contributed by atoms with Gasteiger partial charge in [-0.3, -0.25) is 4.79 Å². The van der Waals surface area contributed by atoms with Gasteiger partial charge in [-0.25, -0.2) is 4.98 Å². The van der Waals surface area contributed by atoms with Crippen molar-refractivity contribution in [1.82, 2.24) is 4.98 Å². The van der Waals surface area contributed by atoms with Crippen LogP contribution in [-0.4, -0.2) is 28.4 Å². The van der Waals surface area contributed by atoms with Crippen molar-refractivity contribution in [3.05, 3.63) is 11.1 Å². The lowest BCUT2D eigenvalue weighted by atomic mass is 10.3. The molecule has 0 aliphatic heterocycles. The summed E-state index contributed by atoms with van der Waals surface area (Å²) in [4.78, 5) is 18.5. The van der Waals surface area contributed by atoms with Crippen molar-refractivity contribution in [2.24, 2.45) is 5.16 Å². The second-order valence-corrected chi connectivity index (χ2v) is 4.52. The summed E-state index contributed by atoms with van der Waals surface area (Å²) in [5, 5.41) is 5.49. The molecule has 0 atom stereocenters. The zero-order chi connectivity index (χ0) is 11.3. The van der Waals surface area contributed by atoms with E-state index in [2.05, 4.69) is 10.1 Å². The van der Waals surface area contributed by atoms with Gasteiger partial charge in [0.1, 0.15) is 17.1 Å². The molecule has 1 aromatic heterocycles.